The van der Waals surface area contributed by atoms with Crippen molar-refractivity contribution in [2.24, 2.45) is 0 Å². The van der Waals surface area contributed by atoms with Gasteiger partial charge in [-0.15, -0.1) is 0 Å². The summed E-state index contributed by atoms with van der Waals surface area (Å²) in [7, 11) is 16.9. The highest BCUT2D eigenvalue weighted by Crippen LogP contribution is 2.39. The molecule has 4 aromatic carbocycles. The summed E-state index contributed by atoms with van der Waals surface area (Å²) < 4.78 is 0. The maximum atomic E-state index is 11.8. The Kier molecular flexibility index (Phi) is 10.7. The SMILES string of the molecule is C[NH+](C)Cc1cc2c(O)c(c1)Cc1cc(C[NH+](C)C)cc(c1O)Cc1cc(C[NH+](C)C)cc(c1O)Cc1cc(C[NH+](C)C)cc(c1O)C2. The molecule has 8 nitrogen and oxygen atoms in total. The average Bonchev–Trinajstić information content (AvgIpc) is 2.96. The molecule has 1 aliphatic carbocycles. The molecule has 0 spiro atoms. The molecule has 8 N–H and O–H groups in total. The van der Waals surface area contributed by atoms with Crippen LogP contribution in [-0.2, 0) is 51.9 Å². The molecule has 5 rings (SSSR count). The summed E-state index contributed by atoms with van der Waals surface area (Å²) >= 11 is 0. The third-order valence-corrected chi connectivity index (χ3v) is 9.06. The molecule has 0 unspecified atom stereocenters. The van der Waals surface area contributed by atoms with Crippen LogP contribution in [0.25, 0.3) is 0 Å². The predicted molar refractivity (Wildman–Crippen MR) is 190 cm³/mol. The van der Waals surface area contributed by atoms with E-state index in [-0.39, 0.29) is 23.0 Å². The Hall–Kier alpha value is -4.08. The van der Waals surface area contributed by atoms with Gasteiger partial charge in [0.05, 0.1) is 56.4 Å². The van der Waals surface area contributed by atoms with Crippen LogP contribution < -0.4 is 19.6 Å². The van der Waals surface area contributed by atoms with E-state index in [1.54, 1.807) is 0 Å². The minimum absolute atomic E-state index is 0.201. The molecule has 0 aromatic heterocycles. The van der Waals surface area contributed by atoms with E-state index < -0.39 is 0 Å². The lowest BCUT2D eigenvalue weighted by Crippen LogP contribution is -3.04. The molecule has 8 bridgehead atoms. The van der Waals surface area contributed by atoms with Gasteiger partial charge in [-0.1, -0.05) is 0 Å². The molecule has 0 saturated carbocycles. The summed E-state index contributed by atoms with van der Waals surface area (Å²) in [6.45, 7) is 3.09. The van der Waals surface area contributed by atoms with Crippen LogP contribution in [0.4, 0.5) is 0 Å². The van der Waals surface area contributed by atoms with Crippen LogP contribution in [-0.4, -0.2) is 76.8 Å². The van der Waals surface area contributed by atoms with Gasteiger partial charge in [0.25, 0.3) is 0 Å². The van der Waals surface area contributed by atoms with Crippen molar-refractivity contribution < 1.29 is 40.0 Å². The Bertz CT molecular complexity index is 1440. The lowest BCUT2D eigenvalue weighted by Gasteiger charge is -2.21. The van der Waals surface area contributed by atoms with E-state index >= 15 is 0 Å². The molecule has 0 aliphatic heterocycles. The summed E-state index contributed by atoms with van der Waals surface area (Å²) in [5.74, 6) is 0.805. The summed E-state index contributed by atoms with van der Waals surface area (Å²) in [6.07, 6.45) is 1.42. The highest BCUT2D eigenvalue weighted by atomic mass is 16.3. The summed E-state index contributed by atoms with van der Waals surface area (Å²) in [5, 5.41) is 47.3. The number of phenols is 4. The van der Waals surface area contributed by atoms with Crippen LogP contribution in [0.15, 0.2) is 48.5 Å². The maximum absolute atomic E-state index is 11.8. The molecule has 48 heavy (non-hydrogen) atoms. The molecular weight excluding hydrogens is 600 g/mol. The second-order valence-electron chi connectivity index (χ2n) is 15.3. The number of rotatable bonds is 8. The van der Waals surface area contributed by atoms with Gasteiger partial charge in [0, 0.05) is 47.9 Å². The number of benzene rings is 4. The minimum Gasteiger partial charge on any atom is -0.507 e. The monoisotopic (exact) mass is 656 g/mol. The molecular formula is C40H56N4O4+4. The molecule has 0 heterocycles. The van der Waals surface area contributed by atoms with E-state index in [0.717, 1.165) is 92.9 Å². The van der Waals surface area contributed by atoms with Crippen LogP contribution in [0.2, 0.25) is 0 Å². The van der Waals surface area contributed by atoms with Gasteiger partial charge in [0.15, 0.2) is 0 Å². The van der Waals surface area contributed by atoms with Gasteiger partial charge in [-0.3, -0.25) is 0 Å². The third-order valence-electron chi connectivity index (χ3n) is 9.06. The highest BCUT2D eigenvalue weighted by Gasteiger charge is 2.23. The molecule has 4 aromatic rings. The van der Waals surface area contributed by atoms with E-state index in [4.69, 9.17) is 0 Å². The van der Waals surface area contributed by atoms with E-state index in [1.807, 2.05) is 0 Å². The molecule has 0 fully saturated rings. The van der Waals surface area contributed by atoms with Crippen LogP contribution in [0, 0.1) is 0 Å². The molecule has 1 aliphatic rings. The van der Waals surface area contributed by atoms with E-state index in [1.165, 1.54) is 19.6 Å². The van der Waals surface area contributed by atoms with Crippen LogP contribution >= 0.6 is 0 Å². The van der Waals surface area contributed by atoms with Crippen LogP contribution in [0.3, 0.4) is 0 Å². The van der Waals surface area contributed by atoms with Crippen molar-refractivity contribution in [3.63, 3.8) is 0 Å². The van der Waals surface area contributed by atoms with Gasteiger partial charge in [-0.05, 0) is 93.0 Å². The first-order valence-electron chi connectivity index (χ1n) is 17.2. The largest absolute Gasteiger partial charge is 0.507 e. The van der Waals surface area contributed by atoms with Crippen molar-refractivity contribution in [3.05, 3.63) is 115 Å². The lowest BCUT2D eigenvalue weighted by atomic mass is 9.88. The number of hydrogen-bond acceptors (Lipinski definition) is 4. The Morgan fingerprint density at radius 1 is 0.333 bits per heavy atom. The van der Waals surface area contributed by atoms with E-state index in [2.05, 4.69) is 105 Å². The van der Waals surface area contributed by atoms with Crippen molar-refractivity contribution >= 4 is 0 Å². The lowest BCUT2D eigenvalue weighted by molar-refractivity contribution is -0.872. The van der Waals surface area contributed by atoms with Gasteiger partial charge in [0.2, 0.25) is 0 Å². The summed E-state index contributed by atoms with van der Waals surface area (Å²) in [4.78, 5) is 5.05. The number of aromatic hydroxyl groups is 4. The van der Waals surface area contributed by atoms with Gasteiger partial charge in [-0.25, -0.2) is 0 Å². The van der Waals surface area contributed by atoms with Crippen molar-refractivity contribution in [2.45, 2.75) is 51.9 Å². The Morgan fingerprint density at radius 3 is 0.604 bits per heavy atom. The van der Waals surface area contributed by atoms with Crippen molar-refractivity contribution in [1.29, 1.82) is 0 Å². The first kappa shape index (κ1) is 35.2. The summed E-state index contributed by atoms with van der Waals surface area (Å²) in [6, 6.07) is 16.4. The fourth-order valence-electron chi connectivity index (χ4n) is 7.27. The average molecular weight is 657 g/mol. The van der Waals surface area contributed by atoms with E-state index in [0.29, 0.717) is 25.7 Å². The smallest absolute Gasteiger partial charge is 0.122 e. The third kappa shape index (κ3) is 8.31. The minimum atomic E-state index is 0.201. The Morgan fingerprint density at radius 2 is 0.479 bits per heavy atom. The zero-order chi connectivity index (χ0) is 34.9. The van der Waals surface area contributed by atoms with Gasteiger partial charge in [-0.2, -0.15) is 0 Å². The topological polar surface area (TPSA) is 98.7 Å². The molecule has 0 amide bonds. The van der Waals surface area contributed by atoms with Crippen molar-refractivity contribution in [2.75, 3.05) is 56.4 Å². The first-order valence-corrected chi connectivity index (χ1v) is 17.2. The second-order valence-corrected chi connectivity index (χ2v) is 15.3. The van der Waals surface area contributed by atoms with E-state index in [9.17, 15) is 20.4 Å². The zero-order valence-corrected chi connectivity index (χ0v) is 30.1. The van der Waals surface area contributed by atoms with Crippen LogP contribution in [0.1, 0.15) is 66.8 Å². The summed E-state index contributed by atoms with van der Waals surface area (Å²) in [5.41, 5.74) is 10.4. The fraction of sp³-hybridized carbons (Fsp3) is 0.400. The Labute approximate surface area is 286 Å². The van der Waals surface area contributed by atoms with Crippen molar-refractivity contribution in [3.8, 4) is 23.0 Å². The maximum Gasteiger partial charge on any atom is 0.122 e. The predicted octanol–water partition coefficient (Wildman–Crippen LogP) is -0.236. The van der Waals surface area contributed by atoms with Gasteiger partial charge in [0.1, 0.15) is 49.2 Å². The second kappa shape index (κ2) is 14.6. The fourth-order valence-corrected chi connectivity index (χ4v) is 7.27. The van der Waals surface area contributed by atoms with Crippen molar-refractivity contribution in [1.82, 2.24) is 0 Å². The number of hydrogen-bond donors (Lipinski definition) is 8. The highest BCUT2D eigenvalue weighted by molar-refractivity contribution is 5.57. The molecule has 256 valence electrons. The zero-order valence-electron chi connectivity index (χ0n) is 30.1. The van der Waals surface area contributed by atoms with Crippen LogP contribution in [0.5, 0.6) is 23.0 Å². The van der Waals surface area contributed by atoms with Gasteiger partial charge >= 0.3 is 0 Å². The number of quaternary nitrogens is 4. The number of nitrogens with one attached hydrogen (secondary N) is 4. The molecule has 8 heteroatoms. The standard InChI is InChI=1S/C40H52N4O4/c1-41(2)21-25-9-29-17-31-11-26(22-42(3)4)13-33(38(31)46)19-35-15-28(24-44(7)8)16-36(40(35)48)20-34-14-27(23-43(5)6)12-32(39(34)47)18-30(10-25)37(29)45/h9-16,45-48H,17-24H2,1-8H3/p+4. The normalized spacial score (nSPS) is 13.2. The Balaban J connectivity index is 1.80. The van der Waals surface area contributed by atoms with Gasteiger partial charge < -0.3 is 40.0 Å². The number of phenolic OH excluding ortho intramolecular Hbond substituents is 4. The molecule has 0 atom stereocenters. The quantitative estimate of drug-likeness (QED) is 0.118. The molecule has 0 saturated heterocycles. The first-order chi connectivity index (χ1) is 22.7. The molecule has 0 radical (unpaired) electrons. The number of fused-ring (bicyclic) bond motifs is 8.